The molecule has 0 atom stereocenters. The van der Waals surface area contributed by atoms with Crippen LogP contribution in [0.15, 0.2) is 40.9 Å². The third-order valence-electron chi connectivity index (χ3n) is 3.30. The molecule has 0 aliphatic rings. The number of phenols is 1. The fourth-order valence-electron chi connectivity index (χ4n) is 2.16. The second kappa shape index (κ2) is 8.33. The number of carbonyl (C=O) groups excluding carboxylic acids is 1. The molecule has 1 N–H and O–H groups in total. The Hall–Kier alpha value is -1.82. The highest BCUT2D eigenvalue weighted by Crippen LogP contribution is 2.29. The molecule has 0 fully saturated rings. The predicted molar refractivity (Wildman–Crippen MR) is 97.9 cm³/mol. The van der Waals surface area contributed by atoms with Crippen LogP contribution in [0.3, 0.4) is 0 Å². The third kappa shape index (κ3) is 4.38. The molecule has 0 spiro atoms. The molecular formula is C18H16BrClO4. The van der Waals surface area contributed by atoms with Crippen LogP contribution in [0.5, 0.6) is 11.5 Å². The minimum absolute atomic E-state index is 0.0320. The summed E-state index contributed by atoms with van der Waals surface area (Å²) in [5, 5.41) is 10.0. The normalized spacial score (nSPS) is 11.0. The number of carbonyl (C=O) groups is 1. The number of allylic oxidation sites excluding steroid dienone is 1. The summed E-state index contributed by atoms with van der Waals surface area (Å²) < 4.78 is 11.0. The molecule has 0 aliphatic carbocycles. The first-order valence-electron chi connectivity index (χ1n) is 7.02. The van der Waals surface area contributed by atoms with E-state index in [1.54, 1.807) is 19.3 Å². The van der Waals surface area contributed by atoms with Crippen LogP contribution in [0.4, 0.5) is 0 Å². The fraction of sp³-hybridized carbons (Fsp3) is 0.167. The van der Waals surface area contributed by atoms with Crippen LogP contribution in [0.1, 0.15) is 21.5 Å². The standard InChI is InChI=1S/C18H16BrClO4/c1-23-10-12-8-13(21)9-14(18(12)20)16(22)5-3-11-4-6-17(24-2)15(19)7-11/h3-9,21H,10H2,1-2H3/b5-3+. The summed E-state index contributed by atoms with van der Waals surface area (Å²) in [7, 11) is 3.10. The fourth-order valence-corrected chi connectivity index (χ4v) is 2.97. The number of aromatic hydroxyl groups is 1. The van der Waals surface area contributed by atoms with Crippen molar-refractivity contribution in [3.05, 3.63) is 62.6 Å². The van der Waals surface area contributed by atoms with Crippen molar-refractivity contribution in [3.8, 4) is 11.5 Å². The van der Waals surface area contributed by atoms with Gasteiger partial charge in [0.05, 0.1) is 23.2 Å². The number of benzene rings is 2. The molecule has 2 rings (SSSR count). The molecule has 6 heteroatoms. The highest BCUT2D eigenvalue weighted by molar-refractivity contribution is 9.10. The number of hydrogen-bond acceptors (Lipinski definition) is 4. The molecule has 2 aromatic rings. The largest absolute Gasteiger partial charge is 0.508 e. The minimum atomic E-state index is -0.305. The van der Waals surface area contributed by atoms with Gasteiger partial charge in [0.15, 0.2) is 5.78 Å². The lowest BCUT2D eigenvalue weighted by Gasteiger charge is -2.08. The molecule has 2 aromatic carbocycles. The second-order valence-corrected chi connectivity index (χ2v) is 6.22. The quantitative estimate of drug-likeness (QED) is 0.545. The molecule has 0 saturated carbocycles. The molecule has 0 amide bonds. The first-order chi connectivity index (χ1) is 11.5. The number of ether oxygens (including phenoxy) is 2. The number of ketones is 1. The zero-order chi connectivity index (χ0) is 17.7. The van der Waals surface area contributed by atoms with Crippen LogP contribution in [-0.2, 0) is 11.3 Å². The Morgan fingerprint density at radius 2 is 2.04 bits per heavy atom. The first kappa shape index (κ1) is 18.5. The average Bonchev–Trinajstić information content (AvgIpc) is 2.56. The van der Waals surface area contributed by atoms with E-state index in [4.69, 9.17) is 21.1 Å². The molecule has 24 heavy (non-hydrogen) atoms. The Bertz CT molecular complexity index is 787. The van der Waals surface area contributed by atoms with Gasteiger partial charge in [-0.15, -0.1) is 0 Å². The molecule has 0 radical (unpaired) electrons. The zero-order valence-corrected chi connectivity index (χ0v) is 15.5. The van der Waals surface area contributed by atoms with Crippen molar-refractivity contribution in [2.24, 2.45) is 0 Å². The molecule has 0 unspecified atom stereocenters. The van der Waals surface area contributed by atoms with Gasteiger partial charge in [-0.25, -0.2) is 0 Å². The maximum atomic E-state index is 12.4. The van der Waals surface area contributed by atoms with Gasteiger partial charge in [0.2, 0.25) is 0 Å². The molecule has 0 bridgehead atoms. The molecule has 126 valence electrons. The Labute approximate surface area is 153 Å². The lowest BCUT2D eigenvalue weighted by molar-refractivity contribution is 0.104. The molecule has 0 aliphatic heterocycles. The van der Waals surface area contributed by atoms with Crippen molar-refractivity contribution in [1.29, 1.82) is 0 Å². The van der Waals surface area contributed by atoms with Gasteiger partial charge in [-0.3, -0.25) is 4.79 Å². The highest BCUT2D eigenvalue weighted by atomic mass is 79.9. The lowest BCUT2D eigenvalue weighted by Crippen LogP contribution is -2.00. The zero-order valence-electron chi connectivity index (χ0n) is 13.2. The summed E-state index contributed by atoms with van der Waals surface area (Å²) in [6.07, 6.45) is 3.08. The number of hydrogen-bond donors (Lipinski definition) is 1. The van der Waals surface area contributed by atoms with Gasteiger partial charge in [-0.2, -0.15) is 0 Å². The SMILES string of the molecule is COCc1cc(O)cc(C(=O)/C=C/c2ccc(OC)c(Br)c2)c1Cl. The monoisotopic (exact) mass is 410 g/mol. The van der Waals surface area contributed by atoms with E-state index in [2.05, 4.69) is 15.9 Å². The van der Waals surface area contributed by atoms with Crippen molar-refractivity contribution >= 4 is 39.4 Å². The topological polar surface area (TPSA) is 55.8 Å². The Morgan fingerprint density at radius 3 is 2.67 bits per heavy atom. The Balaban J connectivity index is 2.28. The highest BCUT2D eigenvalue weighted by Gasteiger charge is 2.13. The maximum Gasteiger partial charge on any atom is 0.187 e. The Kier molecular flexibility index (Phi) is 6.43. The molecule has 0 aromatic heterocycles. The van der Waals surface area contributed by atoms with E-state index < -0.39 is 0 Å². The summed E-state index contributed by atoms with van der Waals surface area (Å²) in [6, 6.07) is 8.29. The third-order valence-corrected chi connectivity index (χ3v) is 4.37. The summed E-state index contributed by atoms with van der Waals surface area (Å²) in [5.74, 6) is 0.370. The van der Waals surface area contributed by atoms with Crippen LogP contribution in [-0.4, -0.2) is 25.1 Å². The number of methoxy groups -OCH3 is 2. The van der Waals surface area contributed by atoms with Crippen molar-refractivity contribution in [2.75, 3.05) is 14.2 Å². The van der Waals surface area contributed by atoms with Crippen LogP contribution in [0.25, 0.3) is 6.08 Å². The van der Waals surface area contributed by atoms with Gasteiger partial charge in [0.25, 0.3) is 0 Å². The molecule has 0 heterocycles. The minimum Gasteiger partial charge on any atom is -0.508 e. The van der Waals surface area contributed by atoms with E-state index in [9.17, 15) is 9.90 Å². The van der Waals surface area contributed by atoms with Gasteiger partial charge in [0.1, 0.15) is 11.5 Å². The van der Waals surface area contributed by atoms with Crippen LogP contribution in [0.2, 0.25) is 5.02 Å². The van der Waals surface area contributed by atoms with Crippen LogP contribution < -0.4 is 4.74 Å². The van der Waals surface area contributed by atoms with Crippen molar-refractivity contribution in [2.45, 2.75) is 6.61 Å². The van der Waals surface area contributed by atoms with Gasteiger partial charge in [0, 0.05) is 18.2 Å². The van der Waals surface area contributed by atoms with E-state index >= 15 is 0 Å². The number of rotatable bonds is 6. The summed E-state index contributed by atoms with van der Waals surface area (Å²) in [6.45, 7) is 0.211. The summed E-state index contributed by atoms with van der Waals surface area (Å²) in [4.78, 5) is 12.4. The predicted octanol–water partition coefficient (Wildman–Crippen LogP) is 4.86. The van der Waals surface area contributed by atoms with E-state index in [0.29, 0.717) is 11.3 Å². The van der Waals surface area contributed by atoms with Crippen molar-refractivity contribution in [3.63, 3.8) is 0 Å². The Morgan fingerprint density at radius 1 is 1.29 bits per heavy atom. The maximum absolute atomic E-state index is 12.4. The van der Waals surface area contributed by atoms with E-state index in [-0.39, 0.29) is 28.7 Å². The lowest BCUT2D eigenvalue weighted by atomic mass is 10.0. The number of phenolic OH excluding ortho intramolecular Hbond substituents is 1. The first-order valence-corrected chi connectivity index (χ1v) is 8.19. The van der Waals surface area contributed by atoms with Crippen LogP contribution in [0, 0.1) is 0 Å². The van der Waals surface area contributed by atoms with Crippen molar-refractivity contribution in [1.82, 2.24) is 0 Å². The summed E-state index contributed by atoms with van der Waals surface area (Å²) in [5.41, 5.74) is 1.61. The smallest absolute Gasteiger partial charge is 0.187 e. The molecular weight excluding hydrogens is 396 g/mol. The van der Waals surface area contributed by atoms with Gasteiger partial charge >= 0.3 is 0 Å². The van der Waals surface area contributed by atoms with Gasteiger partial charge < -0.3 is 14.6 Å². The number of halogens is 2. The molecule has 0 saturated heterocycles. The average molecular weight is 412 g/mol. The van der Waals surface area contributed by atoms with E-state index in [1.807, 2.05) is 12.1 Å². The van der Waals surface area contributed by atoms with Gasteiger partial charge in [-0.05, 0) is 51.8 Å². The summed E-state index contributed by atoms with van der Waals surface area (Å²) >= 11 is 9.63. The van der Waals surface area contributed by atoms with Crippen molar-refractivity contribution < 1.29 is 19.4 Å². The van der Waals surface area contributed by atoms with Crippen LogP contribution >= 0.6 is 27.5 Å². The second-order valence-electron chi connectivity index (χ2n) is 4.99. The van der Waals surface area contributed by atoms with E-state index in [0.717, 1.165) is 10.0 Å². The van der Waals surface area contributed by atoms with Gasteiger partial charge in [-0.1, -0.05) is 23.7 Å². The van der Waals surface area contributed by atoms with E-state index in [1.165, 1.54) is 25.3 Å². The molecule has 4 nitrogen and oxygen atoms in total.